The summed E-state index contributed by atoms with van der Waals surface area (Å²) in [4.78, 5) is 27.3. The van der Waals surface area contributed by atoms with Gasteiger partial charge >= 0.3 is 0 Å². The Kier molecular flexibility index (Phi) is 7.54. The Hall–Kier alpha value is -4.46. The number of nitrogens with one attached hydrogen (secondary N) is 2. The summed E-state index contributed by atoms with van der Waals surface area (Å²) < 4.78 is 13.5. The van der Waals surface area contributed by atoms with Crippen LogP contribution in [-0.2, 0) is 4.79 Å². The Morgan fingerprint density at radius 1 is 0.970 bits per heavy atom. The Morgan fingerprint density at radius 3 is 2.27 bits per heavy atom. The van der Waals surface area contributed by atoms with E-state index in [1.165, 1.54) is 42.6 Å². The van der Waals surface area contributed by atoms with Crippen LogP contribution in [0.3, 0.4) is 0 Å². The van der Waals surface area contributed by atoms with Gasteiger partial charge in [-0.3, -0.25) is 9.59 Å². The van der Waals surface area contributed by atoms with Crippen LogP contribution in [0.25, 0.3) is 6.08 Å². The first-order chi connectivity index (χ1) is 15.8. The number of hydrogen-bond donors (Lipinski definition) is 3. The van der Waals surface area contributed by atoms with Crippen molar-refractivity contribution in [1.29, 1.82) is 0 Å². The van der Waals surface area contributed by atoms with E-state index < -0.39 is 17.6 Å². The predicted molar refractivity (Wildman–Crippen MR) is 126 cm³/mol. The molecule has 0 radical (unpaired) electrons. The number of aromatic hydroxyl groups is 1. The second-order valence-electron chi connectivity index (χ2n) is 7.30. The van der Waals surface area contributed by atoms with Crippen LogP contribution in [0.15, 0.2) is 83.6 Å². The third-order valence-corrected chi connectivity index (χ3v) is 4.57. The number of halogens is 1. The summed E-state index contributed by atoms with van der Waals surface area (Å²) in [5.74, 6) is -1.74. The minimum atomic E-state index is -0.661. The summed E-state index contributed by atoms with van der Waals surface area (Å²) in [6.45, 7) is 0. The van der Waals surface area contributed by atoms with Gasteiger partial charge in [-0.2, -0.15) is 5.10 Å². The topological polar surface area (TPSA) is 94.0 Å². The maximum Gasteiger partial charge on any atom is 0.287 e. The Bertz CT molecular complexity index is 1190. The van der Waals surface area contributed by atoms with Gasteiger partial charge in [-0.15, -0.1) is 0 Å². The van der Waals surface area contributed by atoms with E-state index >= 15 is 0 Å². The van der Waals surface area contributed by atoms with Crippen molar-refractivity contribution in [1.82, 2.24) is 10.7 Å². The van der Waals surface area contributed by atoms with Crippen molar-refractivity contribution in [2.24, 2.45) is 5.10 Å². The third-order valence-electron chi connectivity index (χ3n) is 4.57. The normalized spacial score (nSPS) is 11.3. The zero-order valence-electron chi connectivity index (χ0n) is 18.1. The van der Waals surface area contributed by atoms with E-state index in [-0.39, 0.29) is 17.0 Å². The van der Waals surface area contributed by atoms with Crippen LogP contribution in [0, 0.1) is 5.82 Å². The highest BCUT2D eigenvalue weighted by molar-refractivity contribution is 6.05. The molecule has 3 aromatic rings. The first kappa shape index (κ1) is 23.2. The van der Waals surface area contributed by atoms with Crippen molar-refractivity contribution in [3.8, 4) is 5.75 Å². The molecule has 3 rings (SSSR count). The average molecular weight is 446 g/mol. The molecule has 0 atom stereocenters. The number of hydrogen-bond acceptors (Lipinski definition) is 5. The van der Waals surface area contributed by atoms with Crippen molar-refractivity contribution in [3.05, 3.63) is 101 Å². The predicted octanol–water partition coefficient (Wildman–Crippen LogP) is 3.52. The van der Waals surface area contributed by atoms with Crippen LogP contribution in [0.1, 0.15) is 21.5 Å². The maximum absolute atomic E-state index is 13.5. The molecular weight excluding hydrogens is 423 g/mol. The third kappa shape index (κ3) is 6.76. The lowest BCUT2D eigenvalue weighted by molar-refractivity contribution is -0.117. The molecule has 0 bridgehead atoms. The number of carbonyl (C=O) groups excluding carboxylic acids is 2. The summed E-state index contributed by atoms with van der Waals surface area (Å²) >= 11 is 0. The SMILES string of the molecule is CN(C)c1ccc(/C=C(\NC(=O)c2cccc(F)c2)C(=O)N/N=C\c2ccc(O)cc2)cc1. The monoisotopic (exact) mass is 446 g/mol. The fourth-order valence-corrected chi connectivity index (χ4v) is 2.80. The number of benzene rings is 3. The van der Waals surface area contributed by atoms with E-state index in [1.54, 1.807) is 24.3 Å². The van der Waals surface area contributed by atoms with Gasteiger partial charge in [-0.1, -0.05) is 18.2 Å². The van der Waals surface area contributed by atoms with E-state index in [0.717, 1.165) is 11.8 Å². The maximum atomic E-state index is 13.5. The van der Waals surface area contributed by atoms with Gasteiger partial charge in [0, 0.05) is 25.3 Å². The van der Waals surface area contributed by atoms with E-state index in [0.29, 0.717) is 11.1 Å². The highest BCUT2D eigenvalue weighted by atomic mass is 19.1. The molecular formula is C25H23FN4O3. The lowest BCUT2D eigenvalue weighted by atomic mass is 10.1. The van der Waals surface area contributed by atoms with Gasteiger partial charge in [-0.05, 0) is 71.8 Å². The first-order valence-electron chi connectivity index (χ1n) is 10.0. The quantitative estimate of drug-likeness (QED) is 0.294. The molecule has 0 aliphatic heterocycles. The summed E-state index contributed by atoms with van der Waals surface area (Å²) in [6.07, 6.45) is 2.90. The van der Waals surface area contributed by atoms with E-state index in [2.05, 4.69) is 15.8 Å². The van der Waals surface area contributed by atoms with Gasteiger partial charge < -0.3 is 15.3 Å². The lowest BCUT2D eigenvalue weighted by Gasteiger charge is -2.12. The minimum Gasteiger partial charge on any atom is -0.508 e. The molecule has 0 saturated carbocycles. The standard InChI is InChI=1S/C25H23FN4O3/c1-30(2)21-10-6-17(7-11-21)14-23(28-24(32)19-4-3-5-20(26)15-19)25(33)29-27-16-18-8-12-22(31)13-9-18/h3-16,31H,1-2H3,(H,28,32)(H,29,33)/b23-14-,27-16-. The number of anilines is 1. The molecule has 0 spiro atoms. The largest absolute Gasteiger partial charge is 0.508 e. The number of phenolic OH excluding ortho intramolecular Hbond substituents is 1. The Balaban J connectivity index is 1.82. The van der Waals surface area contributed by atoms with E-state index in [4.69, 9.17) is 0 Å². The zero-order chi connectivity index (χ0) is 23.8. The summed E-state index contributed by atoms with van der Waals surface area (Å²) in [5, 5.41) is 15.8. The van der Waals surface area contributed by atoms with Gasteiger partial charge in [0.1, 0.15) is 17.3 Å². The summed E-state index contributed by atoms with van der Waals surface area (Å²) in [5.41, 5.74) is 4.68. The van der Waals surface area contributed by atoms with Crippen molar-refractivity contribution >= 4 is 29.8 Å². The zero-order valence-corrected chi connectivity index (χ0v) is 18.1. The van der Waals surface area contributed by atoms with Crippen LogP contribution in [-0.4, -0.2) is 37.2 Å². The number of hydrazone groups is 1. The van der Waals surface area contributed by atoms with Gasteiger partial charge in [0.15, 0.2) is 0 Å². The average Bonchev–Trinajstić information content (AvgIpc) is 2.80. The van der Waals surface area contributed by atoms with Gasteiger partial charge in [-0.25, -0.2) is 9.82 Å². The fraction of sp³-hybridized carbons (Fsp3) is 0.0800. The van der Waals surface area contributed by atoms with E-state index in [1.807, 2.05) is 31.1 Å². The number of carbonyl (C=O) groups is 2. The van der Waals surface area contributed by atoms with Crippen LogP contribution in [0.2, 0.25) is 0 Å². The Morgan fingerprint density at radius 2 is 1.64 bits per heavy atom. The van der Waals surface area contributed by atoms with E-state index in [9.17, 15) is 19.1 Å². The second kappa shape index (κ2) is 10.7. The molecule has 0 aromatic heterocycles. The molecule has 3 aromatic carbocycles. The number of nitrogens with zero attached hydrogens (tertiary/aromatic N) is 2. The van der Waals surface area contributed by atoms with Crippen LogP contribution < -0.4 is 15.6 Å². The second-order valence-corrected chi connectivity index (χ2v) is 7.30. The molecule has 2 amide bonds. The molecule has 33 heavy (non-hydrogen) atoms. The van der Waals surface area contributed by atoms with Crippen LogP contribution in [0.5, 0.6) is 5.75 Å². The lowest BCUT2D eigenvalue weighted by Crippen LogP contribution is -2.32. The smallest absolute Gasteiger partial charge is 0.287 e. The molecule has 0 unspecified atom stereocenters. The number of rotatable bonds is 7. The molecule has 0 saturated heterocycles. The number of amides is 2. The molecule has 8 heteroatoms. The summed E-state index contributed by atoms with van der Waals surface area (Å²) in [6, 6.07) is 18.8. The van der Waals surface area contributed by atoms with Crippen molar-refractivity contribution in [3.63, 3.8) is 0 Å². The molecule has 3 N–H and O–H groups in total. The molecule has 7 nitrogen and oxygen atoms in total. The van der Waals surface area contributed by atoms with Gasteiger partial charge in [0.2, 0.25) is 0 Å². The van der Waals surface area contributed by atoms with Crippen LogP contribution >= 0.6 is 0 Å². The molecule has 0 fully saturated rings. The van der Waals surface area contributed by atoms with Crippen LogP contribution in [0.4, 0.5) is 10.1 Å². The van der Waals surface area contributed by atoms with Crippen molar-refractivity contribution < 1.29 is 19.1 Å². The van der Waals surface area contributed by atoms with Crippen molar-refractivity contribution in [2.45, 2.75) is 0 Å². The first-order valence-corrected chi connectivity index (χ1v) is 10.0. The highest BCUT2D eigenvalue weighted by Gasteiger charge is 2.15. The number of phenols is 1. The minimum absolute atomic E-state index is 0.0651. The molecule has 0 aliphatic rings. The summed E-state index contributed by atoms with van der Waals surface area (Å²) in [7, 11) is 3.82. The highest BCUT2D eigenvalue weighted by Crippen LogP contribution is 2.15. The fourth-order valence-electron chi connectivity index (χ4n) is 2.80. The van der Waals surface area contributed by atoms with Gasteiger partial charge in [0.05, 0.1) is 6.21 Å². The van der Waals surface area contributed by atoms with Gasteiger partial charge in [0.25, 0.3) is 11.8 Å². The Labute approximate surface area is 190 Å². The molecule has 0 heterocycles. The van der Waals surface area contributed by atoms with Crippen molar-refractivity contribution in [2.75, 3.05) is 19.0 Å². The molecule has 168 valence electrons. The molecule has 0 aliphatic carbocycles.